The van der Waals surface area contributed by atoms with Crippen LogP contribution in [0.5, 0.6) is 0 Å². The first-order chi connectivity index (χ1) is 6.49. The van der Waals surface area contributed by atoms with E-state index in [9.17, 15) is 4.79 Å². The summed E-state index contributed by atoms with van der Waals surface area (Å²) >= 11 is 11.4. The number of hydrogen-bond acceptors (Lipinski definition) is 2. The minimum Gasteiger partial charge on any atom is -0.481 e. The predicted molar refractivity (Wildman–Crippen MR) is 54.9 cm³/mol. The van der Waals surface area contributed by atoms with Gasteiger partial charge in [-0.15, -0.1) is 0 Å². The van der Waals surface area contributed by atoms with Crippen LogP contribution in [0, 0.1) is 0 Å². The van der Waals surface area contributed by atoms with Gasteiger partial charge in [0.25, 0.3) is 0 Å². The summed E-state index contributed by atoms with van der Waals surface area (Å²) in [7, 11) is 0. The van der Waals surface area contributed by atoms with Gasteiger partial charge in [0.05, 0.1) is 6.42 Å². The molecular formula is C9H9Cl2NO2. The van der Waals surface area contributed by atoms with Crippen LogP contribution in [-0.2, 0) is 4.79 Å². The molecule has 3 nitrogen and oxygen atoms in total. The van der Waals surface area contributed by atoms with E-state index in [1.54, 1.807) is 19.1 Å². The highest BCUT2D eigenvalue weighted by Crippen LogP contribution is 2.23. The first-order valence-corrected chi connectivity index (χ1v) is 4.79. The molecule has 1 atom stereocenters. The third-order valence-corrected chi connectivity index (χ3v) is 2.22. The van der Waals surface area contributed by atoms with Gasteiger partial charge in [-0.25, -0.2) is 4.98 Å². The largest absolute Gasteiger partial charge is 0.481 e. The van der Waals surface area contributed by atoms with Crippen molar-refractivity contribution in [1.29, 1.82) is 0 Å². The monoisotopic (exact) mass is 233 g/mol. The van der Waals surface area contributed by atoms with E-state index in [0.717, 1.165) is 5.56 Å². The first-order valence-electron chi connectivity index (χ1n) is 4.04. The van der Waals surface area contributed by atoms with E-state index in [-0.39, 0.29) is 22.6 Å². The Morgan fingerprint density at radius 2 is 2.00 bits per heavy atom. The van der Waals surface area contributed by atoms with Crippen molar-refractivity contribution in [1.82, 2.24) is 4.98 Å². The maximum atomic E-state index is 10.5. The molecule has 0 aliphatic heterocycles. The fraction of sp³-hybridized carbons (Fsp3) is 0.333. The Morgan fingerprint density at radius 3 is 2.43 bits per heavy atom. The molecule has 76 valence electrons. The molecule has 0 saturated heterocycles. The molecule has 0 aliphatic carbocycles. The summed E-state index contributed by atoms with van der Waals surface area (Å²) in [6.45, 7) is 1.80. The number of aliphatic carboxylic acids is 1. The number of nitrogens with zero attached hydrogens (tertiary/aromatic N) is 1. The number of carboxylic acids is 1. The summed E-state index contributed by atoms with van der Waals surface area (Å²) in [5.74, 6) is -0.966. The van der Waals surface area contributed by atoms with Crippen LogP contribution in [-0.4, -0.2) is 16.1 Å². The molecule has 0 saturated carbocycles. The molecule has 1 aromatic rings. The van der Waals surface area contributed by atoms with Crippen molar-refractivity contribution in [2.45, 2.75) is 19.3 Å². The highest BCUT2D eigenvalue weighted by Gasteiger charge is 2.11. The zero-order chi connectivity index (χ0) is 10.7. The van der Waals surface area contributed by atoms with Gasteiger partial charge in [0.15, 0.2) is 0 Å². The summed E-state index contributed by atoms with van der Waals surface area (Å²) in [5, 5.41) is 9.17. The zero-order valence-corrected chi connectivity index (χ0v) is 9.01. The van der Waals surface area contributed by atoms with E-state index >= 15 is 0 Å². The molecule has 0 amide bonds. The summed E-state index contributed by atoms with van der Waals surface area (Å²) < 4.78 is 0. The molecule has 0 bridgehead atoms. The van der Waals surface area contributed by atoms with Crippen molar-refractivity contribution in [3.8, 4) is 0 Å². The molecule has 1 N–H and O–H groups in total. The molecular weight excluding hydrogens is 225 g/mol. The highest BCUT2D eigenvalue weighted by molar-refractivity contribution is 6.32. The lowest BCUT2D eigenvalue weighted by molar-refractivity contribution is -0.137. The number of carboxylic acid groups (broad SMARTS) is 1. The van der Waals surface area contributed by atoms with Gasteiger partial charge in [-0.3, -0.25) is 4.79 Å². The summed E-state index contributed by atoms with van der Waals surface area (Å²) in [4.78, 5) is 14.3. The molecule has 5 heteroatoms. The van der Waals surface area contributed by atoms with Gasteiger partial charge < -0.3 is 5.11 Å². The number of carbonyl (C=O) groups is 1. The van der Waals surface area contributed by atoms with Gasteiger partial charge in [-0.05, 0) is 23.6 Å². The van der Waals surface area contributed by atoms with Crippen LogP contribution < -0.4 is 0 Å². The van der Waals surface area contributed by atoms with Crippen molar-refractivity contribution in [2.24, 2.45) is 0 Å². The van der Waals surface area contributed by atoms with Gasteiger partial charge in [0, 0.05) is 0 Å². The van der Waals surface area contributed by atoms with Crippen LogP contribution >= 0.6 is 23.2 Å². The lowest BCUT2D eigenvalue weighted by Gasteiger charge is -2.09. The average molecular weight is 234 g/mol. The Balaban J connectivity index is 2.89. The number of rotatable bonds is 3. The minimum atomic E-state index is -0.846. The predicted octanol–water partition coefficient (Wildman–Crippen LogP) is 2.97. The molecule has 0 spiro atoms. The highest BCUT2D eigenvalue weighted by atomic mass is 35.5. The summed E-state index contributed by atoms with van der Waals surface area (Å²) in [5.41, 5.74) is 0.789. The van der Waals surface area contributed by atoms with Crippen LogP contribution in [0.4, 0.5) is 0 Å². The second-order valence-corrected chi connectivity index (χ2v) is 3.82. The molecule has 1 rings (SSSR count). The average Bonchev–Trinajstić information content (AvgIpc) is 2.00. The summed E-state index contributed by atoms with van der Waals surface area (Å²) in [6, 6.07) is 3.25. The summed E-state index contributed by atoms with van der Waals surface area (Å²) in [6.07, 6.45) is 0.0523. The third kappa shape index (κ3) is 3.16. The van der Waals surface area contributed by atoms with Crippen molar-refractivity contribution in [3.05, 3.63) is 28.0 Å². The fourth-order valence-corrected chi connectivity index (χ4v) is 1.62. The maximum absolute atomic E-state index is 10.5. The third-order valence-electron chi connectivity index (χ3n) is 1.83. The van der Waals surface area contributed by atoms with E-state index in [1.165, 1.54) is 0 Å². The van der Waals surface area contributed by atoms with Gasteiger partial charge in [0.2, 0.25) is 0 Å². The van der Waals surface area contributed by atoms with Gasteiger partial charge in [-0.2, -0.15) is 0 Å². The van der Waals surface area contributed by atoms with Crippen LogP contribution in [0.1, 0.15) is 24.8 Å². The van der Waals surface area contributed by atoms with E-state index < -0.39 is 5.97 Å². The minimum absolute atomic E-state index is 0.0523. The van der Waals surface area contributed by atoms with Crippen molar-refractivity contribution in [2.75, 3.05) is 0 Å². The van der Waals surface area contributed by atoms with Crippen LogP contribution in [0.3, 0.4) is 0 Å². The fourth-order valence-electron chi connectivity index (χ4n) is 1.15. The molecule has 0 aliphatic rings. The maximum Gasteiger partial charge on any atom is 0.303 e. The molecule has 1 aromatic heterocycles. The number of hydrogen-bond donors (Lipinski definition) is 1. The van der Waals surface area contributed by atoms with E-state index in [4.69, 9.17) is 28.3 Å². The lowest BCUT2D eigenvalue weighted by Crippen LogP contribution is -2.03. The van der Waals surface area contributed by atoms with Crippen LogP contribution in [0.15, 0.2) is 12.1 Å². The Bertz CT molecular complexity index is 334. The van der Waals surface area contributed by atoms with Crippen LogP contribution in [0.25, 0.3) is 0 Å². The first kappa shape index (κ1) is 11.3. The number of pyridine rings is 1. The number of aromatic nitrogens is 1. The van der Waals surface area contributed by atoms with Gasteiger partial charge >= 0.3 is 5.97 Å². The van der Waals surface area contributed by atoms with E-state index in [2.05, 4.69) is 4.98 Å². The number of halogens is 2. The molecule has 0 fully saturated rings. The van der Waals surface area contributed by atoms with Gasteiger partial charge in [0.1, 0.15) is 10.3 Å². The quantitative estimate of drug-likeness (QED) is 0.818. The standard InChI is InChI=1S/C9H9Cl2NO2/c1-5(2-9(13)14)6-3-7(10)12-8(11)4-6/h3-5H,2H2,1H3,(H,13,14). The molecule has 0 aromatic carbocycles. The Labute approximate surface area is 91.7 Å². The second kappa shape index (κ2) is 4.62. The van der Waals surface area contributed by atoms with Crippen LogP contribution in [0.2, 0.25) is 10.3 Å². The van der Waals surface area contributed by atoms with Gasteiger partial charge in [-0.1, -0.05) is 30.1 Å². The van der Waals surface area contributed by atoms with E-state index in [1.807, 2.05) is 0 Å². The zero-order valence-electron chi connectivity index (χ0n) is 7.50. The second-order valence-electron chi connectivity index (χ2n) is 3.04. The Kier molecular flexibility index (Phi) is 3.72. The lowest BCUT2D eigenvalue weighted by atomic mass is 9.99. The van der Waals surface area contributed by atoms with E-state index in [0.29, 0.717) is 0 Å². The normalized spacial score (nSPS) is 12.5. The smallest absolute Gasteiger partial charge is 0.303 e. The van der Waals surface area contributed by atoms with Crippen molar-refractivity contribution < 1.29 is 9.90 Å². The van der Waals surface area contributed by atoms with Crippen molar-refractivity contribution >= 4 is 29.2 Å². The molecule has 1 unspecified atom stereocenters. The Morgan fingerprint density at radius 1 is 1.50 bits per heavy atom. The molecule has 1 heterocycles. The van der Waals surface area contributed by atoms with Crippen molar-refractivity contribution in [3.63, 3.8) is 0 Å². The molecule has 0 radical (unpaired) electrons. The molecule has 14 heavy (non-hydrogen) atoms. The SMILES string of the molecule is CC(CC(=O)O)c1cc(Cl)nc(Cl)c1. The Hall–Kier alpha value is -0.800. The topological polar surface area (TPSA) is 50.2 Å².